The van der Waals surface area contributed by atoms with Gasteiger partial charge < -0.3 is 30.9 Å². The van der Waals surface area contributed by atoms with E-state index in [1.807, 2.05) is 25.1 Å². The maximum atomic E-state index is 12.6. The second kappa shape index (κ2) is 8.15. The van der Waals surface area contributed by atoms with Gasteiger partial charge in [0.2, 0.25) is 0 Å². The van der Waals surface area contributed by atoms with Gasteiger partial charge in [0.1, 0.15) is 5.60 Å². The molecule has 0 radical (unpaired) electrons. The first-order valence-electron chi connectivity index (χ1n) is 11.8. The van der Waals surface area contributed by atoms with Crippen molar-refractivity contribution in [3.63, 3.8) is 0 Å². The number of nitrogens with zero attached hydrogens (tertiary/aromatic N) is 2. The number of nitrogens with one attached hydrogen (secondary N) is 1. The summed E-state index contributed by atoms with van der Waals surface area (Å²) in [6.07, 6.45) is 7.42. The van der Waals surface area contributed by atoms with Crippen molar-refractivity contribution in [3.8, 4) is 0 Å². The van der Waals surface area contributed by atoms with Gasteiger partial charge in [-0.15, -0.1) is 0 Å². The van der Waals surface area contributed by atoms with E-state index < -0.39 is 17.0 Å². The van der Waals surface area contributed by atoms with Gasteiger partial charge >= 0.3 is 5.97 Å². The predicted octanol–water partition coefficient (Wildman–Crippen LogP) is 1.57. The van der Waals surface area contributed by atoms with Gasteiger partial charge in [-0.1, -0.05) is 13.0 Å². The summed E-state index contributed by atoms with van der Waals surface area (Å²) in [6, 6.07) is 0. The molecule has 2 bridgehead atoms. The summed E-state index contributed by atoms with van der Waals surface area (Å²) in [5.74, 6) is 0.216. The van der Waals surface area contributed by atoms with Crippen molar-refractivity contribution in [2.75, 3.05) is 40.4 Å². The van der Waals surface area contributed by atoms with Crippen LogP contribution in [0.4, 0.5) is 0 Å². The largest absolute Gasteiger partial charge is 0.478 e. The Labute approximate surface area is 190 Å². The molecular formula is C24H38N4O4. The Morgan fingerprint density at radius 1 is 1.44 bits per heavy atom. The number of hydrogen-bond acceptors (Lipinski definition) is 5. The van der Waals surface area contributed by atoms with Crippen LogP contribution in [0.3, 0.4) is 0 Å². The SMILES string of the molecule is CCOC[C@]1(O)C[C@@]23C(=C1C(=O)O)C[C@@H](CC[C@H]2C)[C@@]31CN(C(N)=NC)C=C[C@@H]1CNC. The molecule has 2 fully saturated rings. The van der Waals surface area contributed by atoms with Gasteiger partial charge in [0.25, 0.3) is 0 Å². The summed E-state index contributed by atoms with van der Waals surface area (Å²) in [5, 5.41) is 25.4. The van der Waals surface area contributed by atoms with Crippen molar-refractivity contribution in [2.45, 2.75) is 45.1 Å². The first-order valence-corrected chi connectivity index (χ1v) is 11.8. The number of rotatable bonds is 6. The molecule has 32 heavy (non-hydrogen) atoms. The first-order chi connectivity index (χ1) is 15.2. The highest BCUT2D eigenvalue weighted by Gasteiger charge is 2.74. The number of carboxylic acids is 1. The van der Waals surface area contributed by atoms with Crippen LogP contribution in [0, 0.1) is 28.6 Å². The fourth-order valence-electron chi connectivity index (χ4n) is 7.88. The van der Waals surface area contributed by atoms with Gasteiger partial charge in [0, 0.05) is 43.8 Å². The average molecular weight is 447 g/mol. The second-order valence-electron chi connectivity index (χ2n) is 10.1. The fourth-order valence-corrected chi connectivity index (χ4v) is 7.88. The zero-order chi connectivity index (χ0) is 23.3. The molecule has 5 N–H and O–H groups in total. The maximum absolute atomic E-state index is 12.6. The van der Waals surface area contributed by atoms with E-state index in [0.717, 1.165) is 25.0 Å². The summed E-state index contributed by atoms with van der Waals surface area (Å²) >= 11 is 0. The quantitative estimate of drug-likeness (QED) is 0.361. The van der Waals surface area contributed by atoms with E-state index in [-0.39, 0.29) is 29.4 Å². The monoisotopic (exact) mass is 446 g/mol. The van der Waals surface area contributed by atoms with Gasteiger partial charge in [-0.05, 0) is 63.0 Å². The van der Waals surface area contributed by atoms with Crippen molar-refractivity contribution in [1.29, 1.82) is 0 Å². The van der Waals surface area contributed by atoms with E-state index in [9.17, 15) is 15.0 Å². The highest BCUT2D eigenvalue weighted by molar-refractivity contribution is 5.92. The number of carbonyl (C=O) groups is 1. The molecule has 0 aromatic heterocycles. The molecule has 6 atom stereocenters. The normalized spacial score (nSPS) is 41.0. The lowest BCUT2D eigenvalue weighted by Gasteiger charge is -2.61. The Morgan fingerprint density at radius 3 is 2.81 bits per heavy atom. The zero-order valence-corrected chi connectivity index (χ0v) is 19.7. The van der Waals surface area contributed by atoms with E-state index in [0.29, 0.717) is 37.9 Å². The molecule has 4 rings (SSSR count). The van der Waals surface area contributed by atoms with E-state index in [2.05, 4.69) is 23.3 Å². The van der Waals surface area contributed by atoms with E-state index in [4.69, 9.17) is 10.5 Å². The van der Waals surface area contributed by atoms with Crippen LogP contribution in [0.2, 0.25) is 0 Å². The Morgan fingerprint density at radius 2 is 2.19 bits per heavy atom. The third-order valence-corrected chi connectivity index (χ3v) is 8.97. The molecule has 2 spiro atoms. The smallest absolute Gasteiger partial charge is 0.334 e. The standard InChI is InChI=1S/C24H38N4O4/c1-5-32-14-22(31)12-23-15(2)6-7-16(10-18(23)19(22)20(29)30)24(23)13-28(21(25)27-4)9-8-17(24)11-26-3/h8-9,15-17,26,31H,5-7,10-14H2,1-4H3,(H2,25,27)(H,29,30)/t15-,16-,17-,22-,23+,24-/m1/s1. The van der Waals surface area contributed by atoms with E-state index in [1.54, 1.807) is 7.05 Å². The number of hydrogen-bond donors (Lipinski definition) is 4. The number of carboxylic acid groups (broad SMARTS) is 1. The van der Waals surface area contributed by atoms with Crippen molar-refractivity contribution in [3.05, 3.63) is 23.4 Å². The van der Waals surface area contributed by atoms with Gasteiger partial charge in [-0.3, -0.25) is 4.99 Å². The summed E-state index contributed by atoms with van der Waals surface area (Å²) in [6.45, 7) is 6.02. The Bertz CT molecular complexity index is 870. The summed E-state index contributed by atoms with van der Waals surface area (Å²) in [7, 11) is 3.65. The van der Waals surface area contributed by atoms with Crippen LogP contribution in [0.25, 0.3) is 0 Å². The minimum absolute atomic E-state index is 0.0126. The van der Waals surface area contributed by atoms with E-state index >= 15 is 0 Å². The molecule has 0 aromatic carbocycles. The van der Waals surface area contributed by atoms with Crippen LogP contribution < -0.4 is 11.1 Å². The van der Waals surface area contributed by atoms with Gasteiger partial charge in [-0.25, -0.2) is 4.79 Å². The van der Waals surface area contributed by atoms with Crippen LogP contribution >= 0.6 is 0 Å². The lowest BCUT2D eigenvalue weighted by Crippen LogP contribution is -2.62. The molecule has 8 nitrogen and oxygen atoms in total. The van der Waals surface area contributed by atoms with Crippen LogP contribution in [0.1, 0.15) is 39.5 Å². The molecule has 0 aromatic rings. The summed E-state index contributed by atoms with van der Waals surface area (Å²) in [5.41, 5.74) is 5.25. The predicted molar refractivity (Wildman–Crippen MR) is 123 cm³/mol. The molecule has 1 aliphatic heterocycles. The minimum atomic E-state index is -1.48. The van der Waals surface area contributed by atoms with Crippen molar-refractivity contribution in [2.24, 2.45) is 39.3 Å². The number of allylic oxidation sites excluding steroid dienone is 1. The van der Waals surface area contributed by atoms with Gasteiger partial charge in [0.15, 0.2) is 5.96 Å². The van der Waals surface area contributed by atoms with Crippen LogP contribution in [-0.4, -0.2) is 73.0 Å². The summed E-state index contributed by atoms with van der Waals surface area (Å²) in [4.78, 5) is 18.8. The van der Waals surface area contributed by atoms with Crippen LogP contribution in [-0.2, 0) is 9.53 Å². The molecule has 0 saturated heterocycles. The molecule has 1 heterocycles. The number of aliphatic carboxylic acids is 1. The number of aliphatic hydroxyl groups is 1. The van der Waals surface area contributed by atoms with Gasteiger partial charge in [0.05, 0.1) is 12.2 Å². The summed E-state index contributed by atoms with van der Waals surface area (Å²) < 4.78 is 5.64. The Balaban J connectivity index is 1.94. The number of aliphatic imine (C=N–C) groups is 1. The molecule has 4 aliphatic rings. The van der Waals surface area contributed by atoms with Gasteiger partial charge in [-0.2, -0.15) is 0 Å². The second-order valence-corrected chi connectivity index (χ2v) is 10.1. The molecule has 2 saturated carbocycles. The molecule has 3 aliphatic carbocycles. The Hall–Kier alpha value is -1.90. The third-order valence-electron chi connectivity index (χ3n) is 8.97. The molecule has 178 valence electrons. The average Bonchev–Trinajstić information content (AvgIpc) is 3.11. The van der Waals surface area contributed by atoms with Crippen LogP contribution in [0.5, 0.6) is 0 Å². The minimum Gasteiger partial charge on any atom is -0.478 e. The van der Waals surface area contributed by atoms with Crippen molar-refractivity contribution < 1.29 is 19.7 Å². The number of guanidine groups is 1. The Kier molecular flexibility index (Phi) is 5.92. The fraction of sp³-hybridized carbons (Fsp3) is 0.750. The highest BCUT2D eigenvalue weighted by atomic mass is 16.5. The lowest BCUT2D eigenvalue weighted by molar-refractivity contribution is -0.139. The molecular weight excluding hydrogens is 408 g/mol. The molecule has 8 heteroatoms. The topological polar surface area (TPSA) is 120 Å². The highest BCUT2D eigenvalue weighted by Crippen LogP contribution is 2.77. The van der Waals surface area contributed by atoms with Crippen molar-refractivity contribution in [1.82, 2.24) is 10.2 Å². The number of ether oxygens (including phenoxy) is 1. The van der Waals surface area contributed by atoms with Crippen molar-refractivity contribution >= 4 is 11.9 Å². The first kappa shape index (κ1) is 23.3. The lowest BCUT2D eigenvalue weighted by atomic mass is 9.46. The third kappa shape index (κ3) is 2.92. The molecule has 0 amide bonds. The maximum Gasteiger partial charge on any atom is 0.334 e. The van der Waals surface area contributed by atoms with Crippen LogP contribution in [0.15, 0.2) is 28.4 Å². The zero-order valence-electron chi connectivity index (χ0n) is 19.7. The van der Waals surface area contributed by atoms with E-state index in [1.165, 1.54) is 0 Å². The number of nitrogens with two attached hydrogens (primary N) is 1. The molecule has 0 unspecified atom stereocenters.